The van der Waals surface area contributed by atoms with Gasteiger partial charge in [0.15, 0.2) is 5.78 Å². The molecule has 0 spiro atoms. The highest BCUT2D eigenvalue weighted by Crippen LogP contribution is 2.55. The van der Waals surface area contributed by atoms with Gasteiger partial charge >= 0.3 is 0 Å². The Kier molecular flexibility index (Phi) is 3.41. The molecule has 1 N–H and O–H groups in total. The van der Waals surface area contributed by atoms with Crippen molar-refractivity contribution in [2.75, 3.05) is 6.54 Å². The van der Waals surface area contributed by atoms with E-state index in [1.807, 2.05) is 12.1 Å². The molecular formula is C20H27NO. The molecule has 0 unspecified atom stereocenters. The molecule has 118 valence electrons. The van der Waals surface area contributed by atoms with Gasteiger partial charge in [0, 0.05) is 11.1 Å². The standard InChI is InChI=1S/C20H27NO/c1-13-3-4-18(5-14(13)2)19(22)12-21-20-9-15-6-16(10-20)8-17(7-15)11-20/h3-5,15-17,21H,6-12H2,1-2H3. The van der Waals surface area contributed by atoms with Crippen LogP contribution in [0.25, 0.3) is 0 Å². The SMILES string of the molecule is Cc1ccc(C(=O)CNC23CC4CC(CC(C4)C2)C3)cc1C. The Hall–Kier alpha value is -1.15. The summed E-state index contributed by atoms with van der Waals surface area (Å²) < 4.78 is 0. The van der Waals surface area contributed by atoms with E-state index in [9.17, 15) is 4.79 Å². The smallest absolute Gasteiger partial charge is 0.176 e. The van der Waals surface area contributed by atoms with Crippen LogP contribution in [0.4, 0.5) is 0 Å². The van der Waals surface area contributed by atoms with Crippen LogP contribution in [0.1, 0.15) is 60.0 Å². The maximum absolute atomic E-state index is 12.5. The zero-order valence-corrected chi connectivity index (χ0v) is 13.8. The van der Waals surface area contributed by atoms with Crippen molar-refractivity contribution in [3.05, 3.63) is 34.9 Å². The number of hydrogen-bond donors (Lipinski definition) is 1. The lowest BCUT2D eigenvalue weighted by Gasteiger charge is -2.57. The molecule has 1 aromatic carbocycles. The van der Waals surface area contributed by atoms with E-state index in [0.29, 0.717) is 6.54 Å². The minimum Gasteiger partial charge on any atom is -0.304 e. The third-order valence-electron chi connectivity index (χ3n) is 6.49. The average molecular weight is 297 g/mol. The highest BCUT2D eigenvalue weighted by Gasteiger charge is 2.50. The molecule has 0 aromatic heterocycles. The number of benzene rings is 1. The van der Waals surface area contributed by atoms with E-state index in [-0.39, 0.29) is 11.3 Å². The first-order chi connectivity index (χ1) is 10.5. The molecule has 0 amide bonds. The van der Waals surface area contributed by atoms with E-state index in [4.69, 9.17) is 0 Å². The fourth-order valence-electron chi connectivity index (χ4n) is 5.61. The third kappa shape index (κ3) is 2.52. The maximum atomic E-state index is 12.5. The summed E-state index contributed by atoms with van der Waals surface area (Å²) in [6.07, 6.45) is 8.27. The van der Waals surface area contributed by atoms with Gasteiger partial charge in [-0.1, -0.05) is 12.1 Å². The van der Waals surface area contributed by atoms with Crippen LogP contribution in [0.15, 0.2) is 18.2 Å². The molecule has 4 bridgehead atoms. The normalized spacial score (nSPS) is 35.8. The highest BCUT2D eigenvalue weighted by atomic mass is 16.1. The van der Waals surface area contributed by atoms with Crippen LogP contribution in [-0.4, -0.2) is 17.9 Å². The Labute approximate surface area is 133 Å². The molecule has 4 fully saturated rings. The quantitative estimate of drug-likeness (QED) is 0.850. The monoisotopic (exact) mass is 297 g/mol. The Morgan fingerprint density at radius 1 is 1.05 bits per heavy atom. The van der Waals surface area contributed by atoms with Crippen LogP contribution in [0.2, 0.25) is 0 Å². The number of Topliss-reactive ketones (excluding diaryl/α,β-unsaturated/α-hetero) is 1. The minimum atomic E-state index is 0.249. The summed E-state index contributed by atoms with van der Waals surface area (Å²) in [6.45, 7) is 4.69. The highest BCUT2D eigenvalue weighted by molar-refractivity contribution is 5.97. The van der Waals surface area contributed by atoms with E-state index >= 15 is 0 Å². The minimum absolute atomic E-state index is 0.249. The van der Waals surface area contributed by atoms with Gasteiger partial charge in [0.25, 0.3) is 0 Å². The van der Waals surface area contributed by atoms with Gasteiger partial charge in [-0.3, -0.25) is 4.79 Å². The van der Waals surface area contributed by atoms with E-state index in [1.165, 1.54) is 49.7 Å². The predicted octanol–water partition coefficient (Wildman–Crippen LogP) is 4.04. The van der Waals surface area contributed by atoms with Gasteiger partial charge in [0.05, 0.1) is 6.54 Å². The second-order valence-electron chi connectivity index (χ2n) is 8.27. The molecule has 2 nitrogen and oxygen atoms in total. The topological polar surface area (TPSA) is 29.1 Å². The number of carbonyl (C=O) groups is 1. The summed E-state index contributed by atoms with van der Waals surface area (Å²) in [5.74, 6) is 3.03. The van der Waals surface area contributed by atoms with E-state index < -0.39 is 0 Å². The summed E-state index contributed by atoms with van der Waals surface area (Å²) in [7, 11) is 0. The molecule has 5 rings (SSSR count). The Balaban J connectivity index is 1.44. The predicted molar refractivity (Wildman–Crippen MR) is 89.2 cm³/mol. The van der Waals surface area contributed by atoms with Gasteiger partial charge in [0.2, 0.25) is 0 Å². The van der Waals surface area contributed by atoms with E-state index in [0.717, 1.165) is 23.3 Å². The molecule has 0 radical (unpaired) electrons. The molecule has 0 atom stereocenters. The molecule has 1 aromatic rings. The van der Waals surface area contributed by atoms with Crippen molar-refractivity contribution >= 4 is 5.78 Å². The first-order valence-corrected chi connectivity index (χ1v) is 8.88. The molecular weight excluding hydrogens is 270 g/mol. The largest absolute Gasteiger partial charge is 0.304 e. The van der Waals surface area contributed by atoms with Crippen LogP contribution in [-0.2, 0) is 0 Å². The van der Waals surface area contributed by atoms with E-state index in [2.05, 4.69) is 25.2 Å². The zero-order chi connectivity index (χ0) is 15.3. The van der Waals surface area contributed by atoms with Crippen LogP contribution >= 0.6 is 0 Å². The molecule has 22 heavy (non-hydrogen) atoms. The van der Waals surface area contributed by atoms with Crippen molar-refractivity contribution < 1.29 is 4.79 Å². The average Bonchev–Trinajstić information content (AvgIpc) is 2.46. The fourth-order valence-corrected chi connectivity index (χ4v) is 5.61. The second-order valence-corrected chi connectivity index (χ2v) is 8.27. The molecule has 0 heterocycles. The van der Waals surface area contributed by atoms with Gasteiger partial charge in [-0.25, -0.2) is 0 Å². The third-order valence-corrected chi connectivity index (χ3v) is 6.49. The van der Waals surface area contributed by atoms with Crippen LogP contribution in [0, 0.1) is 31.6 Å². The van der Waals surface area contributed by atoms with Crippen molar-refractivity contribution in [3.8, 4) is 0 Å². The zero-order valence-electron chi connectivity index (χ0n) is 13.8. The fraction of sp³-hybridized carbons (Fsp3) is 0.650. The van der Waals surface area contributed by atoms with Crippen LogP contribution < -0.4 is 5.32 Å². The number of aryl methyl sites for hydroxylation is 2. The summed E-state index contributed by atoms with van der Waals surface area (Å²) in [6, 6.07) is 6.08. The first-order valence-electron chi connectivity index (χ1n) is 8.88. The Morgan fingerprint density at radius 2 is 1.64 bits per heavy atom. The molecule has 2 heteroatoms. The Morgan fingerprint density at radius 3 is 2.18 bits per heavy atom. The van der Waals surface area contributed by atoms with Gasteiger partial charge < -0.3 is 5.32 Å². The first kappa shape index (κ1) is 14.4. The number of hydrogen-bond acceptors (Lipinski definition) is 2. The van der Waals surface area contributed by atoms with Crippen LogP contribution in [0.3, 0.4) is 0 Å². The summed E-state index contributed by atoms with van der Waals surface area (Å²) in [4.78, 5) is 12.5. The number of nitrogens with one attached hydrogen (secondary N) is 1. The van der Waals surface area contributed by atoms with Gasteiger partial charge in [-0.05, 0) is 87.3 Å². The van der Waals surface area contributed by atoms with Gasteiger partial charge in [-0.2, -0.15) is 0 Å². The van der Waals surface area contributed by atoms with E-state index in [1.54, 1.807) is 0 Å². The lowest BCUT2D eigenvalue weighted by atomic mass is 9.53. The van der Waals surface area contributed by atoms with Crippen molar-refractivity contribution in [1.29, 1.82) is 0 Å². The lowest BCUT2D eigenvalue weighted by molar-refractivity contribution is -0.0186. The Bertz CT molecular complexity index is 568. The van der Waals surface area contributed by atoms with Gasteiger partial charge in [-0.15, -0.1) is 0 Å². The number of carbonyl (C=O) groups excluding carboxylic acids is 1. The van der Waals surface area contributed by atoms with Crippen LogP contribution in [0.5, 0.6) is 0 Å². The molecule has 4 aliphatic rings. The summed E-state index contributed by atoms with van der Waals surface area (Å²) >= 11 is 0. The lowest BCUT2D eigenvalue weighted by Crippen LogP contribution is -2.59. The van der Waals surface area contributed by atoms with Crippen molar-refractivity contribution in [1.82, 2.24) is 5.32 Å². The molecule has 4 aliphatic carbocycles. The van der Waals surface area contributed by atoms with Crippen molar-refractivity contribution in [2.45, 2.75) is 57.9 Å². The number of rotatable bonds is 4. The van der Waals surface area contributed by atoms with Crippen molar-refractivity contribution in [3.63, 3.8) is 0 Å². The summed E-state index contributed by atoms with van der Waals surface area (Å²) in [5.41, 5.74) is 3.61. The molecule has 4 saturated carbocycles. The number of ketones is 1. The molecule has 0 saturated heterocycles. The maximum Gasteiger partial charge on any atom is 0.176 e. The second kappa shape index (κ2) is 5.19. The summed E-state index contributed by atoms with van der Waals surface area (Å²) in [5, 5.41) is 3.71. The van der Waals surface area contributed by atoms with Crippen molar-refractivity contribution in [2.24, 2.45) is 17.8 Å². The van der Waals surface area contributed by atoms with Gasteiger partial charge in [0.1, 0.15) is 0 Å². The molecule has 0 aliphatic heterocycles.